The highest BCUT2D eigenvalue weighted by Crippen LogP contribution is 2.41. The van der Waals surface area contributed by atoms with Crippen LogP contribution in [-0.4, -0.2) is 28.3 Å². The van der Waals surface area contributed by atoms with E-state index in [-0.39, 0.29) is 21.7 Å². The Morgan fingerprint density at radius 3 is 0.974 bits per heavy atom. The van der Waals surface area contributed by atoms with Gasteiger partial charge in [-0.3, -0.25) is 5.84 Å². The molecule has 0 radical (unpaired) electrons. The van der Waals surface area contributed by atoms with E-state index in [1.54, 1.807) is 0 Å². The molecule has 0 amide bonds. The highest BCUT2D eigenvalue weighted by atomic mass is 16.3. The number of phenols is 2. The molecule has 2 aromatic carbocycles. The molecular formula is C34H56N2O2. The van der Waals surface area contributed by atoms with Crippen molar-refractivity contribution in [3.63, 3.8) is 0 Å². The summed E-state index contributed by atoms with van der Waals surface area (Å²) in [5, 5.41) is 23.9. The van der Waals surface area contributed by atoms with E-state index in [1.807, 2.05) is 5.01 Å². The minimum atomic E-state index is -0.117. The maximum absolute atomic E-state index is 11.0. The predicted octanol–water partition coefficient (Wildman–Crippen LogP) is 8.03. The summed E-state index contributed by atoms with van der Waals surface area (Å²) in [6, 6.07) is 8.71. The van der Waals surface area contributed by atoms with Crippen LogP contribution in [0.15, 0.2) is 24.3 Å². The van der Waals surface area contributed by atoms with Gasteiger partial charge in [0.2, 0.25) is 0 Å². The summed E-state index contributed by atoms with van der Waals surface area (Å²) in [6.07, 6.45) is 3.80. The number of aryl methyl sites for hydroxylation is 2. The van der Waals surface area contributed by atoms with E-state index in [1.165, 1.54) is 11.1 Å². The lowest BCUT2D eigenvalue weighted by molar-refractivity contribution is 0.276. The summed E-state index contributed by atoms with van der Waals surface area (Å²) in [7, 11) is 0. The first-order valence-electron chi connectivity index (χ1n) is 14.4. The molecule has 4 N–H and O–H groups in total. The molecule has 2 aromatic rings. The van der Waals surface area contributed by atoms with Gasteiger partial charge >= 0.3 is 0 Å². The molecular weight excluding hydrogens is 468 g/mol. The zero-order valence-corrected chi connectivity index (χ0v) is 26.5. The van der Waals surface area contributed by atoms with Crippen LogP contribution in [0.3, 0.4) is 0 Å². The number of hydrogen-bond donors (Lipinski definition) is 3. The molecule has 38 heavy (non-hydrogen) atoms. The lowest BCUT2D eigenvalue weighted by Gasteiger charge is -2.28. The van der Waals surface area contributed by atoms with Crippen molar-refractivity contribution in [2.75, 3.05) is 13.1 Å². The molecule has 0 heterocycles. The van der Waals surface area contributed by atoms with Crippen LogP contribution in [0.4, 0.5) is 0 Å². The van der Waals surface area contributed by atoms with E-state index in [4.69, 9.17) is 5.84 Å². The monoisotopic (exact) mass is 524 g/mol. The quantitative estimate of drug-likeness (QED) is 0.241. The second-order valence-corrected chi connectivity index (χ2v) is 15.3. The number of nitrogens with two attached hydrogens (primary N) is 1. The number of phenolic OH excluding ortho intramolecular Hbond substituents is 2. The van der Waals surface area contributed by atoms with E-state index in [9.17, 15) is 10.2 Å². The predicted molar refractivity (Wildman–Crippen MR) is 163 cm³/mol. The molecule has 0 fully saturated rings. The second kappa shape index (κ2) is 11.6. The molecule has 2 rings (SSSR count). The number of nitrogens with zero attached hydrogens (tertiary/aromatic N) is 1. The van der Waals surface area contributed by atoms with Crippen LogP contribution < -0.4 is 5.84 Å². The first-order chi connectivity index (χ1) is 17.1. The molecule has 0 atom stereocenters. The maximum atomic E-state index is 11.0. The van der Waals surface area contributed by atoms with Crippen LogP contribution in [0.1, 0.15) is 129 Å². The van der Waals surface area contributed by atoms with E-state index in [2.05, 4.69) is 107 Å². The summed E-state index contributed by atoms with van der Waals surface area (Å²) in [4.78, 5) is 0. The van der Waals surface area contributed by atoms with Gasteiger partial charge in [-0.25, -0.2) is 5.01 Å². The van der Waals surface area contributed by atoms with Crippen LogP contribution >= 0.6 is 0 Å². The second-order valence-electron chi connectivity index (χ2n) is 15.3. The molecule has 4 nitrogen and oxygen atoms in total. The smallest absolute Gasteiger partial charge is 0.123 e. The molecule has 0 bridgehead atoms. The molecule has 0 unspecified atom stereocenters. The Morgan fingerprint density at radius 2 is 0.763 bits per heavy atom. The van der Waals surface area contributed by atoms with Crippen molar-refractivity contribution in [3.8, 4) is 11.5 Å². The van der Waals surface area contributed by atoms with Crippen molar-refractivity contribution in [1.29, 1.82) is 0 Å². The number of hydrogen-bond acceptors (Lipinski definition) is 4. The van der Waals surface area contributed by atoms with Gasteiger partial charge in [-0.15, -0.1) is 0 Å². The van der Waals surface area contributed by atoms with E-state index in [0.717, 1.165) is 61.0 Å². The van der Waals surface area contributed by atoms with Crippen LogP contribution in [0.2, 0.25) is 0 Å². The van der Waals surface area contributed by atoms with Crippen molar-refractivity contribution >= 4 is 0 Å². The zero-order chi connectivity index (χ0) is 29.3. The molecule has 4 heteroatoms. The molecule has 0 saturated carbocycles. The standard InChI is InChI=1S/C34H56N2O2/c1-31(2,3)25-19-23(20-26(29(25)37)32(4,5)6)15-13-17-36(35)18-14-16-24-21-27(33(7,8)9)30(38)28(22-24)34(10,11)12/h19-22,37-38H,13-18,35H2,1-12H3. The fraction of sp³-hybridized carbons (Fsp3) is 0.647. The van der Waals surface area contributed by atoms with Gasteiger partial charge in [-0.1, -0.05) is 107 Å². The Kier molecular flexibility index (Phi) is 9.82. The molecule has 214 valence electrons. The minimum absolute atomic E-state index is 0.117. The molecule has 0 aliphatic heterocycles. The van der Waals surface area contributed by atoms with Gasteiger partial charge in [0.1, 0.15) is 11.5 Å². The molecule has 0 aliphatic rings. The first kappa shape index (κ1) is 32.2. The third-order valence-corrected chi connectivity index (χ3v) is 7.39. The fourth-order valence-electron chi connectivity index (χ4n) is 5.05. The van der Waals surface area contributed by atoms with Gasteiger partial charge in [0.05, 0.1) is 0 Å². The van der Waals surface area contributed by atoms with Crippen molar-refractivity contribution < 1.29 is 10.2 Å². The number of hydrazine groups is 1. The number of benzene rings is 2. The van der Waals surface area contributed by atoms with Gasteiger partial charge in [-0.05, 0) is 80.7 Å². The summed E-state index contributed by atoms with van der Waals surface area (Å²) in [5.41, 5.74) is 6.12. The van der Waals surface area contributed by atoms with Crippen molar-refractivity contribution in [2.24, 2.45) is 5.84 Å². The van der Waals surface area contributed by atoms with Gasteiger partial charge in [0, 0.05) is 13.1 Å². The average Bonchev–Trinajstić information content (AvgIpc) is 2.72. The summed E-state index contributed by atoms with van der Waals surface area (Å²) in [5.74, 6) is 7.28. The van der Waals surface area contributed by atoms with Crippen molar-refractivity contribution in [3.05, 3.63) is 57.6 Å². The molecule has 0 saturated heterocycles. The van der Waals surface area contributed by atoms with Crippen molar-refractivity contribution in [2.45, 2.75) is 130 Å². The molecule has 0 aromatic heterocycles. The normalized spacial score (nSPS) is 13.4. The maximum Gasteiger partial charge on any atom is 0.123 e. The van der Waals surface area contributed by atoms with Gasteiger partial charge < -0.3 is 10.2 Å². The highest BCUT2D eigenvalue weighted by molar-refractivity contribution is 5.51. The van der Waals surface area contributed by atoms with E-state index in [0.29, 0.717) is 11.5 Å². The largest absolute Gasteiger partial charge is 0.507 e. The fourth-order valence-corrected chi connectivity index (χ4v) is 5.05. The lowest BCUT2D eigenvalue weighted by atomic mass is 9.78. The lowest BCUT2D eigenvalue weighted by Crippen LogP contribution is -2.33. The SMILES string of the molecule is CC(C)(C)c1cc(CCCN(N)CCCc2cc(C(C)(C)C)c(O)c(C(C)(C)C)c2)cc(C(C)(C)C)c1O. The van der Waals surface area contributed by atoms with Gasteiger partial charge in [-0.2, -0.15) is 0 Å². The van der Waals surface area contributed by atoms with Crippen LogP contribution in [-0.2, 0) is 34.5 Å². The van der Waals surface area contributed by atoms with Crippen molar-refractivity contribution in [1.82, 2.24) is 5.01 Å². The zero-order valence-electron chi connectivity index (χ0n) is 26.5. The third-order valence-electron chi connectivity index (χ3n) is 7.39. The summed E-state index contributed by atoms with van der Waals surface area (Å²) < 4.78 is 0. The van der Waals surface area contributed by atoms with Crippen LogP contribution in [0, 0.1) is 0 Å². The summed E-state index contributed by atoms with van der Waals surface area (Å²) in [6.45, 7) is 27.5. The van der Waals surface area contributed by atoms with Crippen LogP contribution in [0.25, 0.3) is 0 Å². The molecule has 0 spiro atoms. The Labute approximate surface area is 233 Å². The third kappa shape index (κ3) is 8.48. The Balaban J connectivity index is 2.04. The highest BCUT2D eigenvalue weighted by Gasteiger charge is 2.27. The average molecular weight is 525 g/mol. The first-order valence-corrected chi connectivity index (χ1v) is 14.4. The Hall–Kier alpha value is -2.04. The Bertz CT molecular complexity index is 932. The summed E-state index contributed by atoms with van der Waals surface area (Å²) >= 11 is 0. The number of aromatic hydroxyl groups is 2. The topological polar surface area (TPSA) is 69.7 Å². The van der Waals surface area contributed by atoms with E-state index < -0.39 is 0 Å². The number of rotatable bonds is 8. The molecule has 0 aliphatic carbocycles. The van der Waals surface area contributed by atoms with E-state index >= 15 is 0 Å². The van der Waals surface area contributed by atoms with Crippen LogP contribution in [0.5, 0.6) is 11.5 Å². The minimum Gasteiger partial charge on any atom is -0.507 e. The van der Waals surface area contributed by atoms with Gasteiger partial charge in [0.15, 0.2) is 0 Å². The van der Waals surface area contributed by atoms with Gasteiger partial charge in [0.25, 0.3) is 0 Å². The Morgan fingerprint density at radius 1 is 0.526 bits per heavy atom.